The number of aromatic nitrogens is 5. The molecule has 0 atom stereocenters. The van der Waals surface area contributed by atoms with Gasteiger partial charge in [-0.05, 0) is 42.2 Å². The van der Waals surface area contributed by atoms with Crippen molar-refractivity contribution in [3.05, 3.63) is 51.6 Å². The predicted molar refractivity (Wildman–Crippen MR) is 112 cm³/mol. The van der Waals surface area contributed by atoms with Crippen LogP contribution in [0.5, 0.6) is 0 Å². The molecule has 0 saturated heterocycles. The van der Waals surface area contributed by atoms with E-state index in [0.717, 1.165) is 40.9 Å². The van der Waals surface area contributed by atoms with Gasteiger partial charge in [0.15, 0.2) is 5.16 Å². The van der Waals surface area contributed by atoms with Crippen LogP contribution >= 0.6 is 34.4 Å². The van der Waals surface area contributed by atoms with E-state index in [9.17, 15) is 0 Å². The average molecular weight is 430 g/mol. The number of nitrogens with zero attached hydrogens (tertiary/aromatic N) is 5. The van der Waals surface area contributed by atoms with E-state index in [-0.39, 0.29) is 0 Å². The monoisotopic (exact) mass is 429 g/mol. The van der Waals surface area contributed by atoms with Gasteiger partial charge in [-0.2, -0.15) is 4.98 Å². The summed E-state index contributed by atoms with van der Waals surface area (Å²) in [6.07, 6.45) is 5.09. The minimum Gasteiger partial charge on any atom is -0.339 e. The van der Waals surface area contributed by atoms with Crippen LogP contribution in [0.15, 0.2) is 44.7 Å². The Morgan fingerprint density at radius 3 is 2.82 bits per heavy atom. The van der Waals surface area contributed by atoms with Crippen LogP contribution in [0.1, 0.15) is 41.9 Å². The molecular weight excluding hydrogens is 410 g/mol. The van der Waals surface area contributed by atoms with Crippen molar-refractivity contribution in [2.75, 3.05) is 5.75 Å². The first-order chi connectivity index (χ1) is 13.9. The maximum atomic E-state index is 5.38. The van der Waals surface area contributed by atoms with E-state index in [1.54, 1.807) is 34.4 Å². The van der Waals surface area contributed by atoms with Gasteiger partial charge in [0.2, 0.25) is 11.7 Å². The summed E-state index contributed by atoms with van der Waals surface area (Å²) in [6, 6.07) is 8.84. The summed E-state index contributed by atoms with van der Waals surface area (Å²) >= 11 is 5.18. The lowest BCUT2D eigenvalue weighted by atomic mass is 10.3. The van der Waals surface area contributed by atoms with Crippen LogP contribution in [0.2, 0.25) is 0 Å². The molecule has 9 heteroatoms. The highest BCUT2D eigenvalue weighted by molar-refractivity contribution is 7.99. The summed E-state index contributed by atoms with van der Waals surface area (Å²) in [6.45, 7) is 0. The molecule has 5 rings (SSSR count). The zero-order chi connectivity index (χ0) is 18.8. The Morgan fingerprint density at radius 1 is 1.14 bits per heavy atom. The quantitative estimate of drug-likeness (QED) is 0.272. The first-order valence-electron chi connectivity index (χ1n) is 9.32. The zero-order valence-electron chi connectivity index (χ0n) is 15.2. The number of thiophene rings is 2. The molecule has 6 nitrogen and oxygen atoms in total. The lowest BCUT2D eigenvalue weighted by molar-refractivity contribution is 0.378. The summed E-state index contributed by atoms with van der Waals surface area (Å²) in [5.74, 6) is 3.43. The third-order valence-corrected chi connectivity index (χ3v) is 7.31. The van der Waals surface area contributed by atoms with E-state index in [0.29, 0.717) is 17.8 Å². The normalized spacial score (nSPS) is 14.0. The molecule has 0 aliphatic heterocycles. The Hall–Kier alpha value is -1.97. The molecule has 1 aliphatic rings. The summed E-state index contributed by atoms with van der Waals surface area (Å²) in [4.78, 5) is 6.87. The van der Waals surface area contributed by atoms with E-state index in [2.05, 4.69) is 42.4 Å². The van der Waals surface area contributed by atoms with Gasteiger partial charge in [0.25, 0.3) is 0 Å². The number of hydrogen-bond acceptors (Lipinski definition) is 8. The van der Waals surface area contributed by atoms with Crippen molar-refractivity contribution in [1.82, 2.24) is 24.9 Å². The van der Waals surface area contributed by atoms with Gasteiger partial charge in [-0.25, -0.2) is 0 Å². The van der Waals surface area contributed by atoms with E-state index in [4.69, 9.17) is 4.52 Å². The Morgan fingerprint density at radius 2 is 2.04 bits per heavy atom. The fraction of sp³-hybridized carbons (Fsp3) is 0.368. The topological polar surface area (TPSA) is 69.6 Å². The van der Waals surface area contributed by atoms with Gasteiger partial charge in [-0.3, -0.25) is 0 Å². The smallest absolute Gasteiger partial charge is 0.227 e. The third-order valence-electron chi connectivity index (χ3n) is 4.54. The number of hydrogen-bond donors (Lipinski definition) is 0. The van der Waals surface area contributed by atoms with E-state index in [1.807, 2.05) is 17.5 Å². The van der Waals surface area contributed by atoms with Crippen LogP contribution in [-0.4, -0.2) is 30.7 Å². The molecule has 4 aromatic heterocycles. The van der Waals surface area contributed by atoms with E-state index in [1.165, 1.54) is 17.7 Å². The van der Waals surface area contributed by atoms with Gasteiger partial charge in [0.1, 0.15) is 5.82 Å². The van der Waals surface area contributed by atoms with Crippen LogP contribution < -0.4 is 0 Å². The largest absolute Gasteiger partial charge is 0.339 e. The highest BCUT2D eigenvalue weighted by atomic mass is 32.2. The molecule has 1 aliphatic carbocycles. The van der Waals surface area contributed by atoms with Gasteiger partial charge < -0.3 is 9.09 Å². The number of thioether (sulfide) groups is 1. The van der Waals surface area contributed by atoms with Crippen molar-refractivity contribution >= 4 is 34.4 Å². The summed E-state index contributed by atoms with van der Waals surface area (Å²) in [5, 5.41) is 18.2. The second-order valence-corrected chi connectivity index (χ2v) is 9.74. The molecule has 144 valence electrons. The maximum absolute atomic E-state index is 5.38. The lowest BCUT2D eigenvalue weighted by Crippen LogP contribution is -2.03. The van der Waals surface area contributed by atoms with Crippen molar-refractivity contribution in [3.8, 4) is 10.7 Å². The molecule has 4 aromatic rings. The van der Waals surface area contributed by atoms with Crippen LogP contribution in [0.4, 0.5) is 0 Å². The second kappa shape index (κ2) is 8.18. The van der Waals surface area contributed by atoms with Crippen LogP contribution in [0.3, 0.4) is 0 Å². The number of aryl methyl sites for hydroxylation is 1. The average Bonchev–Trinajstić information content (AvgIpc) is 3.21. The minimum absolute atomic E-state index is 0.580. The highest BCUT2D eigenvalue weighted by Gasteiger charge is 2.29. The number of rotatable bonds is 9. The fourth-order valence-corrected chi connectivity index (χ4v) is 5.36. The highest BCUT2D eigenvalue weighted by Crippen LogP contribution is 2.39. The summed E-state index contributed by atoms with van der Waals surface area (Å²) in [5.41, 5.74) is 0. The van der Waals surface area contributed by atoms with Gasteiger partial charge in [-0.15, -0.1) is 32.9 Å². The van der Waals surface area contributed by atoms with Crippen molar-refractivity contribution < 1.29 is 4.52 Å². The molecular formula is C19H19N5OS3. The van der Waals surface area contributed by atoms with E-state index >= 15 is 0 Å². The molecule has 0 spiro atoms. The molecule has 28 heavy (non-hydrogen) atoms. The maximum Gasteiger partial charge on any atom is 0.227 e. The van der Waals surface area contributed by atoms with Crippen molar-refractivity contribution in [1.29, 1.82) is 0 Å². The minimum atomic E-state index is 0.580. The Kier molecular flexibility index (Phi) is 5.28. The lowest BCUT2D eigenvalue weighted by Gasteiger charge is -2.07. The fourth-order valence-electron chi connectivity index (χ4n) is 3.04. The van der Waals surface area contributed by atoms with Crippen LogP contribution in [0.25, 0.3) is 10.7 Å². The zero-order valence-corrected chi connectivity index (χ0v) is 17.6. The van der Waals surface area contributed by atoms with Gasteiger partial charge >= 0.3 is 0 Å². The van der Waals surface area contributed by atoms with Crippen molar-refractivity contribution in [2.24, 2.45) is 0 Å². The molecule has 0 bridgehead atoms. The second-order valence-electron chi connectivity index (χ2n) is 6.70. The Bertz CT molecular complexity index is 1020. The van der Waals surface area contributed by atoms with Gasteiger partial charge in [0.05, 0.1) is 4.88 Å². The van der Waals surface area contributed by atoms with Crippen LogP contribution in [0, 0.1) is 0 Å². The van der Waals surface area contributed by atoms with Crippen molar-refractivity contribution in [2.45, 2.75) is 43.3 Å². The first-order valence-corrected chi connectivity index (χ1v) is 12.1. The van der Waals surface area contributed by atoms with Crippen molar-refractivity contribution in [3.63, 3.8) is 0 Å². The van der Waals surface area contributed by atoms with Gasteiger partial charge in [0, 0.05) is 29.5 Å². The van der Waals surface area contributed by atoms with Crippen LogP contribution in [-0.2, 0) is 12.8 Å². The SMILES string of the molecule is c1csc(Cc2nnc(SCCCc3nc(-c4cccs4)no3)n2C2CC2)c1. The molecule has 1 saturated carbocycles. The van der Waals surface area contributed by atoms with E-state index < -0.39 is 0 Å². The molecule has 0 aromatic carbocycles. The summed E-state index contributed by atoms with van der Waals surface area (Å²) < 4.78 is 7.73. The molecule has 0 amide bonds. The molecule has 0 radical (unpaired) electrons. The molecule has 0 N–H and O–H groups in total. The molecule has 4 heterocycles. The predicted octanol–water partition coefficient (Wildman–Crippen LogP) is 5.10. The Balaban J connectivity index is 1.17. The molecule has 1 fully saturated rings. The summed E-state index contributed by atoms with van der Waals surface area (Å²) in [7, 11) is 0. The molecule has 0 unspecified atom stereocenters. The standard InChI is InChI=1S/C19H19N5OS3/c1-4-14(26-9-1)12-16-21-22-19(24(16)13-7-8-13)28-11-3-6-17-20-18(23-25-17)15-5-2-10-27-15/h1-2,4-5,9-10,13H,3,6-8,11-12H2. The Labute approximate surface area is 175 Å². The third kappa shape index (κ3) is 4.06. The first kappa shape index (κ1) is 18.1. The van der Waals surface area contributed by atoms with Gasteiger partial charge in [-0.1, -0.05) is 29.1 Å².